The summed E-state index contributed by atoms with van der Waals surface area (Å²) >= 11 is 0. The van der Waals surface area contributed by atoms with Crippen LogP contribution in [0, 0.1) is 0 Å². The van der Waals surface area contributed by atoms with Crippen LogP contribution in [0.1, 0.15) is 13.3 Å². The third-order valence-corrected chi connectivity index (χ3v) is 1.16. The molecule has 0 spiro atoms. The van der Waals surface area contributed by atoms with E-state index in [1.165, 1.54) is 0 Å². The fourth-order valence-electron chi connectivity index (χ4n) is 0.395. The zero-order chi connectivity index (χ0) is 7.44. The van der Waals surface area contributed by atoms with E-state index in [1.54, 1.807) is 0 Å². The van der Waals surface area contributed by atoms with E-state index in [0.717, 1.165) is 0 Å². The molecule has 0 rings (SSSR count). The predicted octanol–water partition coefficient (Wildman–Crippen LogP) is 0.365. The summed E-state index contributed by atoms with van der Waals surface area (Å²) in [5.41, 5.74) is 5.73. The van der Waals surface area contributed by atoms with Crippen LogP contribution in [0.3, 0.4) is 0 Å². The van der Waals surface area contributed by atoms with Crippen LogP contribution in [0.2, 0.25) is 0 Å². The third kappa shape index (κ3) is 2.28. The Kier molecular flexibility index (Phi) is 2.95. The summed E-state index contributed by atoms with van der Waals surface area (Å²) in [6, 6.07) is -0.894. The summed E-state index contributed by atoms with van der Waals surface area (Å²) in [7, 11) is 0. The van der Waals surface area contributed by atoms with Crippen LogP contribution in [0.4, 0.5) is 0 Å². The molecule has 0 bridgehead atoms. The second-order valence-electron chi connectivity index (χ2n) is 1.83. The van der Waals surface area contributed by atoms with E-state index in [1.807, 2.05) is 6.92 Å². The normalized spacial score (nSPS) is 12.7. The largest absolute Gasteiger partial charge is 0.480 e. The van der Waals surface area contributed by atoms with Crippen molar-refractivity contribution < 1.29 is 9.90 Å². The molecule has 0 aliphatic heterocycles. The molecule has 3 N–H and O–H groups in total. The average Bonchev–Trinajstić information content (AvgIpc) is 1.84. The van der Waals surface area contributed by atoms with Gasteiger partial charge in [-0.25, -0.2) is 0 Å². The van der Waals surface area contributed by atoms with Gasteiger partial charge in [-0.1, -0.05) is 13.5 Å². The zero-order valence-corrected chi connectivity index (χ0v) is 5.42. The smallest absolute Gasteiger partial charge is 0.324 e. The van der Waals surface area contributed by atoms with Gasteiger partial charge in [0.1, 0.15) is 6.04 Å². The van der Waals surface area contributed by atoms with Gasteiger partial charge in [0.25, 0.3) is 0 Å². The molecule has 3 nitrogen and oxygen atoms in total. The highest BCUT2D eigenvalue weighted by atomic mass is 16.4. The van der Waals surface area contributed by atoms with Gasteiger partial charge in [0.2, 0.25) is 0 Å². The van der Waals surface area contributed by atoms with Crippen molar-refractivity contribution >= 4 is 5.97 Å². The summed E-state index contributed by atoms with van der Waals surface area (Å²) in [4.78, 5) is 10.1. The van der Waals surface area contributed by atoms with Crippen molar-refractivity contribution in [3.05, 3.63) is 12.2 Å². The lowest BCUT2D eigenvalue weighted by Crippen LogP contribution is -2.31. The highest BCUT2D eigenvalue weighted by molar-refractivity contribution is 5.76. The number of carboxylic acid groups (broad SMARTS) is 1. The van der Waals surface area contributed by atoms with Crippen molar-refractivity contribution in [1.82, 2.24) is 0 Å². The van der Waals surface area contributed by atoms with Gasteiger partial charge >= 0.3 is 5.97 Å². The molecule has 52 valence electrons. The predicted molar refractivity (Wildman–Crippen MR) is 35.0 cm³/mol. The molecule has 0 aliphatic carbocycles. The van der Waals surface area contributed by atoms with Crippen LogP contribution in [0.15, 0.2) is 12.2 Å². The average molecular weight is 129 g/mol. The maximum Gasteiger partial charge on any atom is 0.324 e. The van der Waals surface area contributed by atoms with Gasteiger partial charge in [-0.3, -0.25) is 4.79 Å². The summed E-state index contributed by atoms with van der Waals surface area (Å²) < 4.78 is 0. The fourth-order valence-corrected chi connectivity index (χ4v) is 0.395. The van der Waals surface area contributed by atoms with E-state index >= 15 is 0 Å². The summed E-state index contributed by atoms with van der Waals surface area (Å²) in [5.74, 6) is -1.01. The Labute approximate surface area is 54.2 Å². The Hall–Kier alpha value is -0.830. The van der Waals surface area contributed by atoms with E-state index in [2.05, 4.69) is 6.58 Å². The minimum atomic E-state index is -1.01. The van der Waals surface area contributed by atoms with E-state index in [4.69, 9.17) is 10.8 Å². The Morgan fingerprint density at radius 1 is 1.89 bits per heavy atom. The first-order valence-corrected chi connectivity index (χ1v) is 2.75. The number of carbonyl (C=O) groups is 1. The number of aliphatic carboxylic acids is 1. The van der Waals surface area contributed by atoms with E-state index in [-0.39, 0.29) is 0 Å². The minimum absolute atomic E-state index is 0.558. The third-order valence-electron chi connectivity index (χ3n) is 1.16. The van der Waals surface area contributed by atoms with Crippen LogP contribution >= 0.6 is 0 Å². The van der Waals surface area contributed by atoms with Crippen molar-refractivity contribution in [3.8, 4) is 0 Å². The number of carboxylic acids is 1. The molecule has 1 unspecified atom stereocenters. The Morgan fingerprint density at radius 2 is 2.33 bits per heavy atom. The van der Waals surface area contributed by atoms with Crippen LogP contribution < -0.4 is 5.73 Å². The molecule has 0 aromatic rings. The topological polar surface area (TPSA) is 63.3 Å². The quantitative estimate of drug-likeness (QED) is 0.541. The van der Waals surface area contributed by atoms with Crippen molar-refractivity contribution in [1.29, 1.82) is 0 Å². The van der Waals surface area contributed by atoms with Crippen molar-refractivity contribution in [2.75, 3.05) is 0 Å². The van der Waals surface area contributed by atoms with Crippen molar-refractivity contribution in [3.63, 3.8) is 0 Å². The lowest BCUT2D eigenvalue weighted by molar-refractivity contribution is -0.137. The van der Waals surface area contributed by atoms with Gasteiger partial charge in [0.15, 0.2) is 0 Å². The lowest BCUT2D eigenvalue weighted by Gasteiger charge is -2.05. The highest BCUT2D eigenvalue weighted by Gasteiger charge is 2.12. The maximum atomic E-state index is 10.1. The number of nitrogens with two attached hydrogens (primary N) is 1. The molecule has 0 saturated heterocycles. The first-order valence-electron chi connectivity index (χ1n) is 2.75. The standard InChI is InChI=1S/C6H11NO2/c1-3-4(2)5(7)6(8)9/h5H,2-3,7H2,1H3,(H,8,9). The van der Waals surface area contributed by atoms with Gasteiger partial charge in [-0.05, 0) is 12.0 Å². The molecule has 0 amide bonds. The van der Waals surface area contributed by atoms with Crippen molar-refractivity contribution in [2.45, 2.75) is 19.4 Å². The van der Waals surface area contributed by atoms with Gasteiger partial charge < -0.3 is 10.8 Å². The minimum Gasteiger partial charge on any atom is -0.480 e. The molecule has 9 heavy (non-hydrogen) atoms. The number of hydrogen-bond donors (Lipinski definition) is 2. The van der Waals surface area contributed by atoms with Crippen LogP contribution in [-0.2, 0) is 4.79 Å². The highest BCUT2D eigenvalue weighted by Crippen LogP contribution is 2.00. The van der Waals surface area contributed by atoms with Gasteiger partial charge in [-0.15, -0.1) is 0 Å². The summed E-state index contributed by atoms with van der Waals surface area (Å²) in [6.45, 7) is 5.31. The SMILES string of the molecule is C=C(CC)C(N)C(=O)O. The molecule has 0 aliphatic rings. The number of rotatable bonds is 3. The van der Waals surface area contributed by atoms with Crippen molar-refractivity contribution in [2.24, 2.45) is 5.73 Å². The van der Waals surface area contributed by atoms with E-state index in [9.17, 15) is 4.79 Å². The Morgan fingerprint density at radius 3 is 2.44 bits per heavy atom. The lowest BCUT2D eigenvalue weighted by atomic mass is 10.1. The fraction of sp³-hybridized carbons (Fsp3) is 0.500. The van der Waals surface area contributed by atoms with E-state index in [0.29, 0.717) is 12.0 Å². The van der Waals surface area contributed by atoms with Gasteiger partial charge in [0.05, 0.1) is 0 Å². The monoisotopic (exact) mass is 129 g/mol. The van der Waals surface area contributed by atoms with Crippen LogP contribution in [0.5, 0.6) is 0 Å². The molecule has 0 aromatic carbocycles. The Balaban J connectivity index is 3.88. The molecule has 0 saturated carbocycles. The molecule has 1 atom stereocenters. The molecular formula is C6H11NO2. The molecule has 0 heterocycles. The first-order chi connectivity index (χ1) is 4.09. The Bertz CT molecular complexity index is 131. The second kappa shape index (κ2) is 3.25. The summed E-state index contributed by atoms with van der Waals surface area (Å²) in [6.07, 6.45) is 0.619. The molecule has 3 heteroatoms. The zero-order valence-electron chi connectivity index (χ0n) is 5.42. The second-order valence-corrected chi connectivity index (χ2v) is 1.83. The van der Waals surface area contributed by atoms with Crippen LogP contribution in [0.25, 0.3) is 0 Å². The molecular weight excluding hydrogens is 118 g/mol. The summed E-state index contributed by atoms with van der Waals surface area (Å²) in [5, 5.41) is 8.30. The van der Waals surface area contributed by atoms with E-state index < -0.39 is 12.0 Å². The first kappa shape index (κ1) is 8.17. The van der Waals surface area contributed by atoms with Crippen LogP contribution in [-0.4, -0.2) is 17.1 Å². The van der Waals surface area contributed by atoms with Gasteiger partial charge in [0, 0.05) is 0 Å². The molecule has 0 radical (unpaired) electrons. The maximum absolute atomic E-state index is 10.1. The van der Waals surface area contributed by atoms with Gasteiger partial charge in [-0.2, -0.15) is 0 Å². The number of hydrogen-bond acceptors (Lipinski definition) is 2. The molecule has 0 aromatic heterocycles. The molecule has 0 fully saturated rings.